The van der Waals surface area contributed by atoms with Gasteiger partial charge in [0.1, 0.15) is 0 Å². The van der Waals surface area contributed by atoms with Gasteiger partial charge in [-0.15, -0.1) is 0 Å². The Labute approximate surface area is 108 Å². The van der Waals surface area contributed by atoms with Gasteiger partial charge in [0.25, 0.3) is 0 Å². The molecule has 2 rings (SSSR count). The molecule has 1 aliphatic carbocycles. The minimum Gasteiger partial charge on any atom is -0.368 e. The van der Waals surface area contributed by atoms with Crippen molar-refractivity contribution < 1.29 is 0 Å². The lowest BCUT2D eigenvalue weighted by molar-refractivity contribution is 0.774. The zero-order chi connectivity index (χ0) is 13.1. The van der Waals surface area contributed by atoms with Gasteiger partial charge in [0.05, 0.1) is 0 Å². The molecule has 0 spiro atoms. The van der Waals surface area contributed by atoms with Gasteiger partial charge < -0.3 is 16.0 Å². The molecule has 1 aliphatic rings. The molecule has 1 aromatic rings. The summed E-state index contributed by atoms with van der Waals surface area (Å²) in [6.07, 6.45) is 1.29. The van der Waals surface area contributed by atoms with E-state index in [9.17, 15) is 0 Å². The minimum absolute atomic E-state index is 0.276. The van der Waals surface area contributed by atoms with Crippen molar-refractivity contribution in [2.75, 3.05) is 35.6 Å². The summed E-state index contributed by atoms with van der Waals surface area (Å²) < 4.78 is 0. The molecule has 1 saturated carbocycles. The monoisotopic (exact) mass is 250 g/mol. The summed E-state index contributed by atoms with van der Waals surface area (Å²) in [7, 11) is 0. The molecular formula is C12H22N6. The first-order valence-electron chi connectivity index (χ1n) is 6.64. The minimum atomic E-state index is 0.276. The number of nitrogens with two attached hydrogens (primary N) is 1. The number of rotatable bonds is 6. The maximum absolute atomic E-state index is 5.73. The average molecular weight is 250 g/mol. The Balaban J connectivity index is 2.05. The van der Waals surface area contributed by atoms with Crippen molar-refractivity contribution in [1.82, 2.24) is 15.0 Å². The lowest BCUT2D eigenvalue weighted by Gasteiger charge is -2.19. The fraction of sp³-hybridized carbons (Fsp3) is 0.750. The Morgan fingerprint density at radius 1 is 1.28 bits per heavy atom. The van der Waals surface area contributed by atoms with Crippen molar-refractivity contribution >= 4 is 17.8 Å². The van der Waals surface area contributed by atoms with Crippen molar-refractivity contribution in [3.05, 3.63) is 0 Å². The topological polar surface area (TPSA) is 80.0 Å². The molecule has 0 saturated heterocycles. The third-order valence-electron chi connectivity index (χ3n) is 3.49. The van der Waals surface area contributed by atoms with Crippen LogP contribution < -0.4 is 16.0 Å². The van der Waals surface area contributed by atoms with Crippen LogP contribution in [0.4, 0.5) is 17.8 Å². The average Bonchev–Trinajstić information content (AvgIpc) is 3.04. The van der Waals surface area contributed by atoms with E-state index in [0.29, 0.717) is 11.9 Å². The molecule has 3 N–H and O–H groups in total. The van der Waals surface area contributed by atoms with Gasteiger partial charge in [0.15, 0.2) is 0 Å². The molecule has 1 aromatic heterocycles. The van der Waals surface area contributed by atoms with E-state index in [-0.39, 0.29) is 5.95 Å². The van der Waals surface area contributed by atoms with E-state index in [2.05, 4.69) is 45.9 Å². The van der Waals surface area contributed by atoms with E-state index in [4.69, 9.17) is 5.73 Å². The molecule has 0 aliphatic heterocycles. The van der Waals surface area contributed by atoms with Gasteiger partial charge in [-0.1, -0.05) is 6.92 Å². The number of aromatic nitrogens is 3. The second-order valence-electron chi connectivity index (χ2n) is 4.84. The van der Waals surface area contributed by atoms with Gasteiger partial charge in [-0.25, -0.2) is 0 Å². The maximum atomic E-state index is 5.73. The fourth-order valence-corrected chi connectivity index (χ4v) is 2.01. The number of nitrogen functional groups attached to an aromatic ring is 1. The smallest absolute Gasteiger partial charge is 0.231 e. The Kier molecular flexibility index (Phi) is 3.84. The Bertz CT molecular complexity index is 404. The maximum Gasteiger partial charge on any atom is 0.231 e. The quantitative estimate of drug-likeness (QED) is 0.793. The van der Waals surface area contributed by atoms with Crippen LogP contribution in [0.5, 0.6) is 0 Å². The SMILES string of the molecule is CCN(CC)c1nc(N)nc(NCC2CC2C)n1. The molecular weight excluding hydrogens is 228 g/mol. The van der Waals surface area contributed by atoms with Gasteiger partial charge in [-0.05, 0) is 32.1 Å². The number of hydrogen-bond acceptors (Lipinski definition) is 6. The van der Waals surface area contributed by atoms with E-state index in [1.54, 1.807) is 0 Å². The molecule has 1 fully saturated rings. The summed E-state index contributed by atoms with van der Waals surface area (Å²) in [5.41, 5.74) is 5.73. The number of anilines is 3. The first-order valence-corrected chi connectivity index (χ1v) is 6.64. The molecule has 0 radical (unpaired) electrons. The molecule has 100 valence electrons. The highest BCUT2D eigenvalue weighted by molar-refractivity contribution is 5.41. The fourth-order valence-electron chi connectivity index (χ4n) is 2.01. The van der Waals surface area contributed by atoms with Crippen molar-refractivity contribution in [1.29, 1.82) is 0 Å². The highest BCUT2D eigenvalue weighted by Crippen LogP contribution is 2.37. The Morgan fingerprint density at radius 3 is 2.50 bits per heavy atom. The zero-order valence-corrected chi connectivity index (χ0v) is 11.3. The molecule has 6 heteroatoms. The predicted molar refractivity (Wildman–Crippen MR) is 73.6 cm³/mol. The molecule has 1 heterocycles. The van der Waals surface area contributed by atoms with Crippen LogP contribution in [0.25, 0.3) is 0 Å². The molecule has 2 atom stereocenters. The lowest BCUT2D eigenvalue weighted by atomic mass is 10.3. The first-order chi connectivity index (χ1) is 8.63. The van der Waals surface area contributed by atoms with Crippen LogP contribution in [0, 0.1) is 11.8 Å². The zero-order valence-electron chi connectivity index (χ0n) is 11.3. The van der Waals surface area contributed by atoms with Crippen molar-refractivity contribution in [3.63, 3.8) is 0 Å². The van der Waals surface area contributed by atoms with Crippen LogP contribution in [0.2, 0.25) is 0 Å². The van der Waals surface area contributed by atoms with Crippen LogP contribution in [0.15, 0.2) is 0 Å². The second kappa shape index (κ2) is 5.37. The Morgan fingerprint density at radius 2 is 1.94 bits per heavy atom. The van der Waals surface area contributed by atoms with Gasteiger partial charge >= 0.3 is 0 Å². The normalized spacial score (nSPS) is 21.7. The van der Waals surface area contributed by atoms with Crippen molar-refractivity contribution in [2.24, 2.45) is 11.8 Å². The summed E-state index contributed by atoms with van der Waals surface area (Å²) >= 11 is 0. The highest BCUT2D eigenvalue weighted by atomic mass is 15.3. The third kappa shape index (κ3) is 3.00. The lowest BCUT2D eigenvalue weighted by Crippen LogP contribution is -2.25. The predicted octanol–water partition coefficient (Wildman–Crippen LogP) is 1.37. The van der Waals surface area contributed by atoms with Gasteiger partial charge in [0, 0.05) is 19.6 Å². The first kappa shape index (κ1) is 12.9. The number of nitrogens with one attached hydrogen (secondary N) is 1. The van der Waals surface area contributed by atoms with Crippen molar-refractivity contribution in [3.8, 4) is 0 Å². The van der Waals surface area contributed by atoms with E-state index in [1.807, 2.05) is 0 Å². The van der Waals surface area contributed by atoms with Crippen LogP contribution in [-0.4, -0.2) is 34.6 Å². The largest absolute Gasteiger partial charge is 0.368 e. The summed E-state index contributed by atoms with van der Waals surface area (Å²) in [6, 6.07) is 0. The van der Waals surface area contributed by atoms with E-state index in [0.717, 1.165) is 31.5 Å². The van der Waals surface area contributed by atoms with E-state index < -0.39 is 0 Å². The summed E-state index contributed by atoms with van der Waals surface area (Å²) in [5, 5.41) is 3.25. The van der Waals surface area contributed by atoms with Gasteiger partial charge in [-0.3, -0.25) is 0 Å². The third-order valence-corrected chi connectivity index (χ3v) is 3.49. The van der Waals surface area contributed by atoms with Gasteiger partial charge in [0.2, 0.25) is 17.8 Å². The second-order valence-corrected chi connectivity index (χ2v) is 4.84. The van der Waals surface area contributed by atoms with Crippen molar-refractivity contribution in [2.45, 2.75) is 27.2 Å². The molecule has 0 bridgehead atoms. The summed E-state index contributed by atoms with van der Waals surface area (Å²) in [5.74, 6) is 3.08. The van der Waals surface area contributed by atoms with Crippen LogP contribution in [-0.2, 0) is 0 Å². The number of hydrogen-bond donors (Lipinski definition) is 2. The molecule has 18 heavy (non-hydrogen) atoms. The molecule has 6 nitrogen and oxygen atoms in total. The van der Waals surface area contributed by atoms with Gasteiger partial charge in [-0.2, -0.15) is 15.0 Å². The highest BCUT2D eigenvalue weighted by Gasteiger charge is 2.32. The summed E-state index contributed by atoms with van der Waals surface area (Å²) in [6.45, 7) is 9.04. The van der Waals surface area contributed by atoms with Crippen LogP contribution in [0.1, 0.15) is 27.2 Å². The number of nitrogens with zero attached hydrogens (tertiary/aromatic N) is 4. The molecule has 0 aromatic carbocycles. The van der Waals surface area contributed by atoms with Crippen LogP contribution >= 0.6 is 0 Å². The standard InChI is InChI=1S/C12H22N6/c1-4-18(5-2)12-16-10(13)15-11(17-12)14-7-9-6-8(9)3/h8-9H,4-7H2,1-3H3,(H3,13,14,15,16,17). The summed E-state index contributed by atoms with van der Waals surface area (Å²) in [4.78, 5) is 14.8. The Hall–Kier alpha value is -1.59. The van der Waals surface area contributed by atoms with E-state index >= 15 is 0 Å². The van der Waals surface area contributed by atoms with Crippen LogP contribution in [0.3, 0.4) is 0 Å². The molecule has 0 amide bonds. The van der Waals surface area contributed by atoms with E-state index in [1.165, 1.54) is 6.42 Å². The molecule has 2 unspecified atom stereocenters.